The Hall–Kier alpha value is -2.71. The fraction of sp³-hybridized carbons (Fsp3) is 0.476. The second-order valence-electron chi connectivity index (χ2n) is 7.27. The molecule has 1 saturated heterocycles. The molecule has 3 rings (SSSR count). The molecule has 11 heteroatoms. The summed E-state index contributed by atoms with van der Waals surface area (Å²) in [6, 6.07) is 3.28. The van der Waals surface area contributed by atoms with Gasteiger partial charge < -0.3 is 4.74 Å². The number of amides is 1. The molecule has 1 aliphatic rings. The van der Waals surface area contributed by atoms with E-state index in [9.17, 15) is 18.0 Å². The number of nitrogens with zero attached hydrogens (tertiary/aromatic N) is 4. The van der Waals surface area contributed by atoms with Gasteiger partial charge in [-0.25, -0.2) is 14.7 Å². The number of benzene rings is 1. The molecule has 1 amide bonds. The zero-order valence-electron chi connectivity index (χ0n) is 17.5. The molecule has 0 saturated carbocycles. The van der Waals surface area contributed by atoms with Crippen LogP contribution in [-0.4, -0.2) is 45.4 Å². The second-order valence-corrected chi connectivity index (χ2v) is 7.87. The molecule has 1 atom stereocenters. The average molecular weight is 468 g/mol. The van der Waals surface area contributed by atoms with Crippen LogP contribution in [0.3, 0.4) is 0 Å². The lowest BCUT2D eigenvalue weighted by Gasteiger charge is -2.27. The number of thiol groups is 1. The summed E-state index contributed by atoms with van der Waals surface area (Å²) >= 11 is 4.41. The largest absolute Gasteiger partial charge is 0.481 e. The Balaban J connectivity index is 1.73. The molecule has 0 bridgehead atoms. The van der Waals surface area contributed by atoms with E-state index in [0.29, 0.717) is 0 Å². The maximum absolute atomic E-state index is 13.3. The number of carbonyl (C=O) groups is 1. The maximum atomic E-state index is 13.3. The van der Waals surface area contributed by atoms with Crippen molar-refractivity contribution in [2.45, 2.75) is 44.2 Å². The van der Waals surface area contributed by atoms with Crippen LogP contribution in [0.5, 0.6) is 5.75 Å². The number of hydrazine groups is 1. The van der Waals surface area contributed by atoms with Crippen LogP contribution >= 0.6 is 12.6 Å². The highest BCUT2D eigenvalue weighted by Gasteiger charge is 2.32. The molecular formula is C21H24F3N5O2S. The van der Waals surface area contributed by atoms with Crippen LogP contribution in [-0.2, 0) is 11.0 Å². The summed E-state index contributed by atoms with van der Waals surface area (Å²) in [4.78, 5) is 16.4. The molecule has 2 heterocycles. The van der Waals surface area contributed by atoms with Crippen molar-refractivity contribution in [2.75, 3.05) is 19.7 Å². The lowest BCUT2D eigenvalue weighted by molar-refractivity contribution is -0.137. The summed E-state index contributed by atoms with van der Waals surface area (Å²) in [5.74, 6) is 5.12. The molecule has 0 radical (unpaired) electrons. The monoisotopic (exact) mass is 467 g/mol. The molecule has 2 aromatic rings. The molecular weight excluding hydrogens is 443 g/mol. The van der Waals surface area contributed by atoms with Crippen LogP contribution in [0.25, 0.3) is 11.4 Å². The van der Waals surface area contributed by atoms with Gasteiger partial charge in [-0.1, -0.05) is 12.3 Å². The van der Waals surface area contributed by atoms with Crippen LogP contribution in [0.4, 0.5) is 13.2 Å². The fourth-order valence-corrected chi connectivity index (χ4v) is 3.48. The number of hydrogen-bond acceptors (Lipinski definition) is 6. The Morgan fingerprint density at radius 1 is 1.28 bits per heavy atom. The third-order valence-corrected chi connectivity index (χ3v) is 5.22. The van der Waals surface area contributed by atoms with E-state index < -0.39 is 17.1 Å². The van der Waals surface area contributed by atoms with Crippen LogP contribution in [0.1, 0.15) is 43.5 Å². The normalized spacial score (nSPS) is 15.5. The lowest BCUT2D eigenvalue weighted by Crippen LogP contribution is -2.45. The topological polar surface area (TPSA) is 72.3 Å². The molecule has 0 spiro atoms. The van der Waals surface area contributed by atoms with Gasteiger partial charge in [-0.3, -0.25) is 10.2 Å². The van der Waals surface area contributed by atoms with Crippen molar-refractivity contribution in [3.8, 4) is 29.0 Å². The molecule has 7 nitrogen and oxygen atoms in total. The number of ether oxygens (including phenoxy) is 1. The van der Waals surface area contributed by atoms with Gasteiger partial charge in [-0.05, 0) is 38.0 Å². The summed E-state index contributed by atoms with van der Waals surface area (Å²) in [5.41, 5.74) is 2.10. The molecule has 32 heavy (non-hydrogen) atoms. The Kier molecular flexibility index (Phi) is 8.04. The zero-order chi connectivity index (χ0) is 23.1. The maximum Gasteiger partial charge on any atom is 0.416 e. The first-order valence-corrected chi connectivity index (χ1v) is 10.7. The van der Waals surface area contributed by atoms with Crippen molar-refractivity contribution in [3.63, 3.8) is 0 Å². The van der Waals surface area contributed by atoms with E-state index in [1.54, 1.807) is 6.92 Å². The Labute approximate surface area is 189 Å². The van der Waals surface area contributed by atoms with Gasteiger partial charge in [0.1, 0.15) is 24.1 Å². The zero-order valence-corrected chi connectivity index (χ0v) is 18.4. The first-order chi connectivity index (χ1) is 15.3. The van der Waals surface area contributed by atoms with Crippen LogP contribution in [0.15, 0.2) is 24.5 Å². The number of rotatable bonds is 7. The summed E-state index contributed by atoms with van der Waals surface area (Å²) < 4.78 is 46.7. The van der Waals surface area contributed by atoms with Gasteiger partial charge in [0.05, 0.1) is 12.0 Å². The minimum absolute atomic E-state index is 0.0113. The van der Waals surface area contributed by atoms with Crippen molar-refractivity contribution in [1.29, 1.82) is 0 Å². The molecule has 1 aromatic carbocycles. The number of piperidine rings is 1. The van der Waals surface area contributed by atoms with E-state index in [2.05, 4.69) is 40.0 Å². The summed E-state index contributed by atoms with van der Waals surface area (Å²) in [6.07, 6.45) is 0.0262. The molecule has 1 aliphatic heterocycles. The predicted molar refractivity (Wildman–Crippen MR) is 116 cm³/mol. The molecule has 1 aromatic heterocycles. The third kappa shape index (κ3) is 6.64. The van der Waals surface area contributed by atoms with Crippen LogP contribution in [0.2, 0.25) is 0 Å². The van der Waals surface area contributed by atoms with Crippen molar-refractivity contribution in [3.05, 3.63) is 30.1 Å². The Bertz CT molecular complexity index is 993. The summed E-state index contributed by atoms with van der Waals surface area (Å²) in [5, 5.41) is 5.48. The standard InChI is InChI=1S/C21H24F3N5O2S/c1-2-3-9-31-17-11-15(10-16(12-17)21(22,23)24)20-25-14-29(27-20)19(32)13-18(30)26-28-7-5-4-6-8-28/h10-12,14,19,32H,4-9,13H2,1H3,(H,26,30)/t19-/m1/s1. The van der Waals surface area contributed by atoms with Gasteiger partial charge in [0.2, 0.25) is 5.91 Å². The number of nitrogens with one attached hydrogen (secondary N) is 1. The Morgan fingerprint density at radius 2 is 2.03 bits per heavy atom. The first kappa shape index (κ1) is 23.9. The average Bonchev–Trinajstić information content (AvgIpc) is 3.24. The lowest BCUT2D eigenvalue weighted by atomic mass is 10.1. The third-order valence-electron chi connectivity index (χ3n) is 4.80. The second kappa shape index (κ2) is 10.7. The van der Waals surface area contributed by atoms with Gasteiger partial charge in [0.25, 0.3) is 0 Å². The molecule has 1 fully saturated rings. The highest BCUT2D eigenvalue weighted by Crippen LogP contribution is 2.35. The molecule has 0 unspecified atom stereocenters. The molecule has 0 aliphatic carbocycles. The first-order valence-electron chi connectivity index (χ1n) is 10.1. The van der Waals surface area contributed by atoms with Gasteiger partial charge in [-0.2, -0.15) is 25.8 Å². The summed E-state index contributed by atoms with van der Waals surface area (Å²) in [6.45, 7) is 3.18. The van der Waals surface area contributed by atoms with Gasteiger partial charge in [0, 0.05) is 18.7 Å². The van der Waals surface area contributed by atoms with Crippen molar-refractivity contribution in [1.82, 2.24) is 25.2 Å². The van der Waals surface area contributed by atoms with Crippen LogP contribution < -0.4 is 10.2 Å². The number of aromatic nitrogens is 3. The number of halogens is 3. The van der Waals surface area contributed by atoms with E-state index in [1.807, 2.05) is 5.01 Å². The highest BCUT2D eigenvalue weighted by atomic mass is 32.1. The van der Waals surface area contributed by atoms with E-state index in [4.69, 9.17) is 4.74 Å². The number of carbonyl (C=O) groups excluding carboxylic acids is 1. The van der Waals surface area contributed by atoms with E-state index in [0.717, 1.165) is 44.5 Å². The van der Waals surface area contributed by atoms with E-state index >= 15 is 0 Å². The van der Waals surface area contributed by atoms with E-state index in [-0.39, 0.29) is 36.1 Å². The van der Waals surface area contributed by atoms with Crippen molar-refractivity contribution in [2.24, 2.45) is 0 Å². The highest BCUT2D eigenvalue weighted by molar-refractivity contribution is 7.80. The predicted octanol–water partition coefficient (Wildman–Crippen LogP) is 3.70. The number of alkyl halides is 3. The summed E-state index contributed by atoms with van der Waals surface area (Å²) in [7, 11) is 0. The van der Waals surface area contributed by atoms with Crippen molar-refractivity contribution >= 4 is 18.5 Å². The molecule has 1 N–H and O–H groups in total. The van der Waals surface area contributed by atoms with Crippen molar-refractivity contribution < 1.29 is 22.7 Å². The fourth-order valence-electron chi connectivity index (χ4n) is 3.20. The van der Waals surface area contributed by atoms with Gasteiger partial charge >= 0.3 is 6.18 Å². The Morgan fingerprint density at radius 3 is 2.72 bits per heavy atom. The SMILES string of the molecule is CC#CCOc1cc(-c2ncn([C@H](S)CC(=O)NN3CCCCC3)n2)cc(C(F)(F)F)c1. The van der Waals surface area contributed by atoms with Gasteiger partial charge in [-0.15, -0.1) is 11.0 Å². The smallest absolute Gasteiger partial charge is 0.416 e. The number of hydrogen-bond donors (Lipinski definition) is 2. The molecule has 172 valence electrons. The van der Waals surface area contributed by atoms with Crippen LogP contribution in [0, 0.1) is 11.8 Å². The minimum Gasteiger partial charge on any atom is -0.481 e. The quantitative estimate of drug-likeness (QED) is 0.480. The van der Waals surface area contributed by atoms with E-state index in [1.165, 1.54) is 17.1 Å². The van der Waals surface area contributed by atoms with Gasteiger partial charge in [0.15, 0.2) is 5.82 Å². The minimum atomic E-state index is -4.56.